The number of furan rings is 1. The van der Waals surface area contributed by atoms with Crippen molar-refractivity contribution in [2.75, 3.05) is 0 Å². The van der Waals surface area contributed by atoms with Gasteiger partial charge in [0.15, 0.2) is 17.5 Å². The second kappa shape index (κ2) is 11.7. The number of benzene rings is 7. The SMILES string of the molecule is c1ccc(-c2ccc(-c3nc(-c4cccc(-c5cnc6c7c(cccc57)-c5ccccc5-6)c4)nc(-c4cccc5oc6ccccc6c45)n3)cc2)cc1. The van der Waals surface area contributed by atoms with Crippen LogP contribution in [-0.2, 0) is 0 Å². The highest BCUT2D eigenvalue weighted by Gasteiger charge is 2.24. The number of aromatic nitrogens is 4. The lowest BCUT2D eigenvalue weighted by molar-refractivity contribution is 0.669. The van der Waals surface area contributed by atoms with Gasteiger partial charge in [-0.25, -0.2) is 15.0 Å². The molecule has 1 aliphatic carbocycles. The number of hydrogen-bond acceptors (Lipinski definition) is 5. The molecule has 246 valence electrons. The smallest absolute Gasteiger partial charge is 0.164 e. The zero-order valence-electron chi connectivity index (χ0n) is 28.4. The summed E-state index contributed by atoms with van der Waals surface area (Å²) in [6, 6.07) is 56.5. The highest BCUT2D eigenvalue weighted by atomic mass is 16.3. The molecule has 11 rings (SSSR count). The molecule has 10 aromatic rings. The van der Waals surface area contributed by atoms with E-state index in [-0.39, 0.29) is 0 Å². The third-order valence-corrected chi connectivity index (χ3v) is 10.3. The van der Waals surface area contributed by atoms with Gasteiger partial charge >= 0.3 is 0 Å². The summed E-state index contributed by atoms with van der Waals surface area (Å²) in [7, 11) is 0. The second-order valence-corrected chi connectivity index (χ2v) is 13.4. The van der Waals surface area contributed by atoms with Gasteiger partial charge in [0.05, 0.1) is 5.69 Å². The van der Waals surface area contributed by atoms with E-state index in [9.17, 15) is 0 Å². The van der Waals surface area contributed by atoms with Crippen LogP contribution in [0.25, 0.3) is 112 Å². The van der Waals surface area contributed by atoms with Gasteiger partial charge < -0.3 is 4.42 Å². The zero-order chi connectivity index (χ0) is 34.9. The van der Waals surface area contributed by atoms with E-state index in [0.717, 1.165) is 66.6 Å². The minimum atomic E-state index is 0.587. The van der Waals surface area contributed by atoms with Gasteiger partial charge in [0.1, 0.15) is 11.2 Å². The van der Waals surface area contributed by atoms with Crippen molar-refractivity contribution in [2.24, 2.45) is 0 Å². The third kappa shape index (κ3) is 4.71. The summed E-state index contributed by atoms with van der Waals surface area (Å²) in [6.45, 7) is 0. The van der Waals surface area contributed by atoms with Gasteiger partial charge in [-0.15, -0.1) is 0 Å². The fourth-order valence-electron chi connectivity index (χ4n) is 7.86. The summed E-state index contributed by atoms with van der Waals surface area (Å²) in [4.78, 5) is 20.5. The first-order valence-corrected chi connectivity index (χ1v) is 17.7. The molecule has 5 heteroatoms. The Morgan fingerprint density at radius 1 is 0.340 bits per heavy atom. The van der Waals surface area contributed by atoms with Gasteiger partial charge in [0, 0.05) is 50.2 Å². The van der Waals surface area contributed by atoms with Gasteiger partial charge in [0.2, 0.25) is 0 Å². The van der Waals surface area contributed by atoms with E-state index in [1.54, 1.807) is 0 Å². The van der Waals surface area contributed by atoms with Crippen molar-refractivity contribution in [2.45, 2.75) is 0 Å². The fourth-order valence-corrected chi connectivity index (χ4v) is 7.86. The Kier molecular flexibility index (Phi) is 6.48. The molecular weight excluding hydrogens is 649 g/mol. The quantitative estimate of drug-likeness (QED) is 0.181. The molecular formula is C48H28N4O. The number of fused-ring (bicyclic) bond motifs is 6. The van der Waals surface area contributed by atoms with Crippen LogP contribution in [-0.4, -0.2) is 19.9 Å². The first kappa shape index (κ1) is 29.5. The number of para-hydroxylation sites is 1. The van der Waals surface area contributed by atoms with Crippen LogP contribution in [0.15, 0.2) is 174 Å². The largest absolute Gasteiger partial charge is 0.456 e. The summed E-state index contributed by atoms with van der Waals surface area (Å²) in [5.74, 6) is 1.78. The molecule has 7 aromatic carbocycles. The Hall–Kier alpha value is -7.24. The van der Waals surface area contributed by atoms with Crippen LogP contribution < -0.4 is 0 Å². The molecule has 0 unspecified atom stereocenters. The van der Waals surface area contributed by atoms with Gasteiger partial charge in [0.25, 0.3) is 0 Å². The molecule has 5 nitrogen and oxygen atoms in total. The molecule has 1 aliphatic rings. The van der Waals surface area contributed by atoms with E-state index in [4.69, 9.17) is 24.4 Å². The molecule has 0 radical (unpaired) electrons. The van der Waals surface area contributed by atoms with Crippen LogP contribution in [0.5, 0.6) is 0 Å². The van der Waals surface area contributed by atoms with E-state index >= 15 is 0 Å². The maximum absolute atomic E-state index is 6.26. The highest BCUT2D eigenvalue weighted by molar-refractivity contribution is 6.17. The molecule has 53 heavy (non-hydrogen) atoms. The lowest BCUT2D eigenvalue weighted by Crippen LogP contribution is -2.00. The standard InChI is InChI=1S/C48H28N4O/c1-2-11-29(12-3-1)30-23-25-31(26-24-30)46-50-47(52-48(51-46)39-20-10-22-42-43(39)38-17-6-7-21-41(38)53-42)33-14-8-13-32(27-33)40-28-49-45-37-16-5-4-15-34(37)35-18-9-19-36(40)44(35)45/h1-28H. The van der Waals surface area contributed by atoms with E-state index in [2.05, 4.69) is 127 Å². The molecule has 3 aromatic heterocycles. The average Bonchev–Trinajstić information content (AvgIpc) is 3.78. The molecule has 0 N–H and O–H groups in total. The molecule has 0 aliphatic heterocycles. The van der Waals surface area contributed by atoms with E-state index in [0.29, 0.717) is 17.5 Å². The van der Waals surface area contributed by atoms with Crippen molar-refractivity contribution in [3.8, 4) is 78.8 Å². The molecule has 3 heterocycles. The molecule has 0 atom stereocenters. The van der Waals surface area contributed by atoms with Crippen LogP contribution in [0.1, 0.15) is 0 Å². The number of rotatable bonds is 5. The van der Waals surface area contributed by atoms with Gasteiger partial charge in [-0.1, -0.05) is 146 Å². The maximum atomic E-state index is 6.26. The lowest BCUT2D eigenvalue weighted by atomic mass is 9.96. The predicted molar refractivity (Wildman–Crippen MR) is 214 cm³/mol. The third-order valence-electron chi connectivity index (χ3n) is 10.3. The van der Waals surface area contributed by atoms with Crippen LogP contribution in [0.4, 0.5) is 0 Å². The molecule has 0 saturated carbocycles. The van der Waals surface area contributed by atoms with Crippen molar-refractivity contribution >= 4 is 32.7 Å². The predicted octanol–water partition coefficient (Wildman–Crippen LogP) is 12.3. The summed E-state index contributed by atoms with van der Waals surface area (Å²) in [6.07, 6.45) is 2.01. The van der Waals surface area contributed by atoms with Crippen molar-refractivity contribution < 1.29 is 4.42 Å². The Morgan fingerprint density at radius 3 is 1.81 bits per heavy atom. The average molecular weight is 677 g/mol. The lowest BCUT2D eigenvalue weighted by Gasteiger charge is -2.12. The summed E-state index contributed by atoms with van der Waals surface area (Å²) in [5.41, 5.74) is 13.4. The van der Waals surface area contributed by atoms with Gasteiger partial charge in [-0.2, -0.15) is 0 Å². The fraction of sp³-hybridized carbons (Fsp3) is 0. The monoisotopic (exact) mass is 676 g/mol. The van der Waals surface area contributed by atoms with E-state index < -0.39 is 0 Å². The molecule has 0 bridgehead atoms. The molecule has 0 amide bonds. The number of hydrogen-bond donors (Lipinski definition) is 0. The summed E-state index contributed by atoms with van der Waals surface area (Å²) in [5, 5.41) is 4.38. The minimum Gasteiger partial charge on any atom is -0.456 e. The van der Waals surface area contributed by atoms with Gasteiger partial charge in [-0.3, -0.25) is 4.98 Å². The molecule has 0 saturated heterocycles. The zero-order valence-corrected chi connectivity index (χ0v) is 28.4. The van der Waals surface area contributed by atoms with Crippen molar-refractivity contribution in [3.05, 3.63) is 170 Å². The van der Waals surface area contributed by atoms with Gasteiger partial charge in [-0.05, 0) is 51.4 Å². The summed E-state index contributed by atoms with van der Waals surface area (Å²) >= 11 is 0. The highest BCUT2D eigenvalue weighted by Crippen LogP contribution is 2.48. The number of pyridine rings is 1. The minimum absolute atomic E-state index is 0.587. The van der Waals surface area contributed by atoms with Crippen LogP contribution in [0, 0.1) is 0 Å². The van der Waals surface area contributed by atoms with Crippen LogP contribution in [0.3, 0.4) is 0 Å². The van der Waals surface area contributed by atoms with E-state index in [1.165, 1.54) is 27.5 Å². The van der Waals surface area contributed by atoms with Crippen LogP contribution >= 0.6 is 0 Å². The van der Waals surface area contributed by atoms with E-state index in [1.807, 2.05) is 42.6 Å². The topological polar surface area (TPSA) is 64.7 Å². The second-order valence-electron chi connectivity index (χ2n) is 13.4. The van der Waals surface area contributed by atoms with Crippen molar-refractivity contribution in [1.82, 2.24) is 19.9 Å². The molecule has 0 spiro atoms. The van der Waals surface area contributed by atoms with Crippen molar-refractivity contribution in [1.29, 1.82) is 0 Å². The molecule has 0 fully saturated rings. The first-order chi connectivity index (χ1) is 26.3. The Bertz CT molecular complexity index is 3030. The van der Waals surface area contributed by atoms with Crippen LogP contribution in [0.2, 0.25) is 0 Å². The maximum Gasteiger partial charge on any atom is 0.164 e. The van der Waals surface area contributed by atoms with Crippen molar-refractivity contribution in [3.63, 3.8) is 0 Å². The Morgan fingerprint density at radius 2 is 0.925 bits per heavy atom. The normalized spacial score (nSPS) is 11.8. The Labute approximate surface area is 304 Å². The Balaban J connectivity index is 1.09. The summed E-state index contributed by atoms with van der Waals surface area (Å²) < 4.78 is 6.26. The first-order valence-electron chi connectivity index (χ1n) is 17.7. The number of nitrogens with zero attached hydrogens (tertiary/aromatic N) is 4.